The van der Waals surface area contributed by atoms with Crippen molar-refractivity contribution in [1.29, 1.82) is 0 Å². The first-order valence-electron chi connectivity index (χ1n) is 7.28. The lowest BCUT2D eigenvalue weighted by atomic mass is 10.1. The van der Waals surface area contributed by atoms with Gasteiger partial charge in [0.1, 0.15) is 5.75 Å². The van der Waals surface area contributed by atoms with Crippen LogP contribution in [0.2, 0.25) is 0 Å². The topological polar surface area (TPSA) is 60.9 Å². The lowest BCUT2D eigenvalue weighted by molar-refractivity contribution is 0.469. The molecular weight excluding hydrogens is 250 g/mol. The van der Waals surface area contributed by atoms with Crippen LogP contribution in [0.5, 0.6) is 5.75 Å². The van der Waals surface area contributed by atoms with Crippen molar-refractivity contribution in [1.82, 2.24) is 15.5 Å². The molecule has 1 unspecified atom stereocenters. The van der Waals surface area contributed by atoms with E-state index in [2.05, 4.69) is 28.5 Å². The monoisotopic (exact) mass is 271 g/mol. The molecule has 3 rings (SSSR count). The Morgan fingerprint density at radius 3 is 3.15 bits per heavy atom. The van der Waals surface area contributed by atoms with Crippen molar-refractivity contribution in [2.75, 3.05) is 6.54 Å². The van der Waals surface area contributed by atoms with Crippen LogP contribution in [0, 0.1) is 6.92 Å². The zero-order valence-electron chi connectivity index (χ0n) is 11.8. The van der Waals surface area contributed by atoms with Gasteiger partial charge in [-0.1, -0.05) is 12.1 Å². The van der Waals surface area contributed by atoms with Crippen molar-refractivity contribution in [3.05, 3.63) is 46.8 Å². The molecule has 4 heteroatoms. The van der Waals surface area contributed by atoms with Gasteiger partial charge in [-0.25, -0.2) is 0 Å². The summed E-state index contributed by atoms with van der Waals surface area (Å²) < 4.78 is 0. The average molecular weight is 271 g/mol. The Hall–Kier alpha value is -1.81. The molecule has 0 radical (unpaired) electrons. The van der Waals surface area contributed by atoms with Gasteiger partial charge in [0.25, 0.3) is 0 Å². The minimum atomic E-state index is 0.391. The van der Waals surface area contributed by atoms with Gasteiger partial charge in [-0.15, -0.1) is 0 Å². The maximum Gasteiger partial charge on any atom is 0.119 e. The molecule has 0 amide bonds. The zero-order chi connectivity index (χ0) is 13.9. The highest BCUT2D eigenvalue weighted by Crippen LogP contribution is 2.36. The van der Waals surface area contributed by atoms with E-state index in [1.807, 2.05) is 12.3 Å². The quantitative estimate of drug-likeness (QED) is 0.733. The number of rotatable bonds is 5. The molecule has 0 fully saturated rings. The van der Waals surface area contributed by atoms with E-state index in [1.54, 1.807) is 6.07 Å². The molecule has 2 aromatic rings. The van der Waals surface area contributed by atoms with Gasteiger partial charge in [0, 0.05) is 11.7 Å². The van der Waals surface area contributed by atoms with Crippen LogP contribution in [0.1, 0.15) is 41.3 Å². The molecule has 0 saturated carbocycles. The van der Waals surface area contributed by atoms with E-state index >= 15 is 0 Å². The van der Waals surface area contributed by atoms with Gasteiger partial charge < -0.3 is 10.4 Å². The van der Waals surface area contributed by atoms with E-state index < -0.39 is 0 Å². The Balaban J connectivity index is 1.51. The van der Waals surface area contributed by atoms with Crippen molar-refractivity contribution in [3.8, 4) is 5.75 Å². The number of phenolic OH excluding ortho intramolecular Hbond substituents is 1. The van der Waals surface area contributed by atoms with Crippen LogP contribution in [-0.2, 0) is 12.8 Å². The van der Waals surface area contributed by atoms with E-state index in [0.29, 0.717) is 11.8 Å². The Kier molecular flexibility index (Phi) is 3.74. The van der Waals surface area contributed by atoms with Crippen molar-refractivity contribution in [2.24, 2.45) is 0 Å². The third-order valence-electron chi connectivity index (χ3n) is 4.19. The number of aryl methyl sites for hydroxylation is 2. The van der Waals surface area contributed by atoms with Gasteiger partial charge in [0.15, 0.2) is 0 Å². The van der Waals surface area contributed by atoms with E-state index in [0.717, 1.165) is 37.8 Å². The maximum atomic E-state index is 9.84. The van der Waals surface area contributed by atoms with Crippen molar-refractivity contribution < 1.29 is 5.11 Å². The highest BCUT2D eigenvalue weighted by Gasteiger charge is 2.23. The summed E-state index contributed by atoms with van der Waals surface area (Å²) in [5.74, 6) is 0.445. The molecule has 0 bridgehead atoms. The number of nitrogens with one attached hydrogen (secondary N) is 2. The fraction of sp³-hybridized carbons (Fsp3) is 0.438. The van der Waals surface area contributed by atoms with Crippen molar-refractivity contribution in [2.45, 2.75) is 38.6 Å². The standard InChI is InChI=1S/C16H21N3O/c1-11-12(10-18-19-11)4-3-9-17-15-8-7-14-13(15)5-2-6-16(14)20/h2,5-6,10,15,17,20H,3-4,7-9H2,1H3,(H,18,19). The largest absolute Gasteiger partial charge is 0.508 e. The summed E-state index contributed by atoms with van der Waals surface area (Å²) in [6.45, 7) is 3.05. The average Bonchev–Trinajstić information content (AvgIpc) is 3.03. The number of aromatic amines is 1. The first-order chi connectivity index (χ1) is 9.75. The highest BCUT2D eigenvalue weighted by atomic mass is 16.3. The fourth-order valence-electron chi connectivity index (χ4n) is 3.03. The van der Waals surface area contributed by atoms with Crippen molar-refractivity contribution >= 4 is 0 Å². The summed E-state index contributed by atoms with van der Waals surface area (Å²) in [5.41, 5.74) is 4.86. The number of benzene rings is 1. The number of hydrogen-bond acceptors (Lipinski definition) is 3. The van der Waals surface area contributed by atoms with E-state index in [-0.39, 0.29) is 0 Å². The molecule has 20 heavy (non-hydrogen) atoms. The predicted molar refractivity (Wildman–Crippen MR) is 78.8 cm³/mol. The van der Waals surface area contributed by atoms with Crippen LogP contribution in [0.3, 0.4) is 0 Å². The molecule has 0 spiro atoms. The van der Waals surface area contributed by atoms with Crippen LogP contribution < -0.4 is 5.32 Å². The summed E-state index contributed by atoms with van der Waals surface area (Å²) in [7, 11) is 0. The Labute approximate surface area is 119 Å². The molecule has 0 aliphatic heterocycles. The van der Waals surface area contributed by atoms with Gasteiger partial charge in [-0.05, 0) is 61.9 Å². The van der Waals surface area contributed by atoms with Crippen LogP contribution in [-0.4, -0.2) is 21.8 Å². The van der Waals surface area contributed by atoms with E-state index in [1.165, 1.54) is 16.8 Å². The summed E-state index contributed by atoms with van der Waals surface area (Å²) in [5, 5.41) is 20.5. The number of aromatic nitrogens is 2. The SMILES string of the molecule is Cc1[nH]ncc1CCCNC1CCc2c(O)cccc21. The summed E-state index contributed by atoms with van der Waals surface area (Å²) in [4.78, 5) is 0. The summed E-state index contributed by atoms with van der Waals surface area (Å²) in [6.07, 6.45) is 6.12. The smallest absolute Gasteiger partial charge is 0.119 e. The van der Waals surface area contributed by atoms with Gasteiger partial charge in [-0.2, -0.15) is 5.10 Å². The zero-order valence-corrected chi connectivity index (χ0v) is 11.8. The molecule has 106 valence electrons. The maximum absolute atomic E-state index is 9.84. The third-order valence-corrected chi connectivity index (χ3v) is 4.19. The molecule has 1 aromatic heterocycles. The Bertz CT molecular complexity index is 591. The number of fused-ring (bicyclic) bond motifs is 1. The lowest BCUT2D eigenvalue weighted by Gasteiger charge is -2.14. The highest BCUT2D eigenvalue weighted by molar-refractivity contribution is 5.44. The van der Waals surface area contributed by atoms with Crippen LogP contribution in [0.4, 0.5) is 0 Å². The molecule has 1 aliphatic carbocycles. The molecular formula is C16H21N3O. The van der Waals surface area contributed by atoms with Crippen LogP contribution in [0.25, 0.3) is 0 Å². The minimum absolute atomic E-state index is 0.391. The van der Waals surface area contributed by atoms with Gasteiger partial charge in [0.2, 0.25) is 0 Å². The second-order valence-electron chi connectivity index (χ2n) is 5.51. The van der Waals surface area contributed by atoms with Gasteiger partial charge in [0.05, 0.1) is 6.20 Å². The molecule has 1 atom stereocenters. The fourth-order valence-corrected chi connectivity index (χ4v) is 3.03. The molecule has 3 N–H and O–H groups in total. The van der Waals surface area contributed by atoms with Gasteiger partial charge >= 0.3 is 0 Å². The minimum Gasteiger partial charge on any atom is -0.508 e. The van der Waals surface area contributed by atoms with E-state index in [9.17, 15) is 5.11 Å². The number of H-pyrrole nitrogens is 1. The van der Waals surface area contributed by atoms with Crippen molar-refractivity contribution in [3.63, 3.8) is 0 Å². The van der Waals surface area contributed by atoms with Crippen LogP contribution in [0.15, 0.2) is 24.4 Å². The third kappa shape index (κ3) is 2.56. The Morgan fingerprint density at radius 1 is 1.45 bits per heavy atom. The predicted octanol–water partition coefficient (Wildman–Crippen LogP) is 2.63. The molecule has 1 heterocycles. The normalized spacial score (nSPS) is 17.4. The molecule has 4 nitrogen and oxygen atoms in total. The van der Waals surface area contributed by atoms with E-state index in [4.69, 9.17) is 0 Å². The molecule has 1 aliphatic rings. The second kappa shape index (κ2) is 5.67. The first kappa shape index (κ1) is 13.2. The number of hydrogen-bond donors (Lipinski definition) is 3. The van der Waals surface area contributed by atoms with Crippen LogP contribution >= 0.6 is 0 Å². The molecule has 1 aromatic carbocycles. The second-order valence-corrected chi connectivity index (χ2v) is 5.51. The first-order valence-corrected chi connectivity index (χ1v) is 7.28. The summed E-state index contributed by atoms with van der Waals surface area (Å²) >= 11 is 0. The Morgan fingerprint density at radius 2 is 2.35 bits per heavy atom. The number of nitrogens with zero attached hydrogens (tertiary/aromatic N) is 1. The summed E-state index contributed by atoms with van der Waals surface area (Å²) in [6, 6.07) is 6.23. The number of aromatic hydroxyl groups is 1. The van der Waals surface area contributed by atoms with Gasteiger partial charge in [-0.3, -0.25) is 5.10 Å². The lowest BCUT2D eigenvalue weighted by Crippen LogP contribution is -2.20. The number of phenols is 1. The molecule has 0 saturated heterocycles.